The summed E-state index contributed by atoms with van der Waals surface area (Å²) < 4.78 is 0. The molecule has 1 saturated carbocycles. The number of hydrogen-bond acceptors (Lipinski definition) is 5. The van der Waals surface area contributed by atoms with E-state index in [1.807, 2.05) is 30.6 Å². The maximum absolute atomic E-state index is 4.67. The first kappa shape index (κ1) is 11.7. The first-order valence-corrected chi connectivity index (χ1v) is 7.07. The maximum Gasteiger partial charge on any atom is 0.223 e. The summed E-state index contributed by atoms with van der Waals surface area (Å²) in [6.07, 6.45) is 12.3. The highest BCUT2D eigenvalue weighted by Gasteiger charge is 2.30. The van der Waals surface area contributed by atoms with Gasteiger partial charge in [-0.05, 0) is 31.1 Å². The van der Waals surface area contributed by atoms with Crippen LogP contribution in [0.2, 0.25) is 0 Å². The second kappa shape index (κ2) is 4.76. The fraction of sp³-hybridized carbons (Fsp3) is 0.333. The molecule has 1 aliphatic carbocycles. The molecule has 1 aromatic rings. The van der Waals surface area contributed by atoms with E-state index in [-0.39, 0.29) is 0 Å². The van der Waals surface area contributed by atoms with Crippen molar-refractivity contribution in [1.29, 1.82) is 0 Å². The molecule has 5 heteroatoms. The van der Waals surface area contributed by atoms with Crippen LogP contribution in [0.4, 0.5) is 5.95 Å². The average molecular weight is 267 g/mol. The molecule has 0 aromatic carbocycles. The molecule has 3 aliphatic rings. The molecule has 3 heterocycles. The van der Waals surface area contributed by atoms with Gasteiger partial charge in [-0.25, -0.2) is 9.97 Å². The number of rotatable bonds is 4. The van der Waals surface area contributed by atoms with Gasteiger partial charge in [0, 0.05) is 42.3 Å². The van der Waals surface area contributed by atoms with E-state index >= 15 is 0 Å². The summed E-state index contributed by atoms with van der Waals surface area (Å²) in [5.41, 5.74) is 3.31. The number of hydrogen-bond donors (Lipinski definition) is 3. The van der Waals surface area contributed by atoms with Crippen molar-refractivity contribution in [2.24, 2.45) is 0 Å². The monoisotopic (exact) mass is 267 g/mol. The summed E-state index contributed by atoms with van der Waals surface area (Å²) >= 11 is 0. The molecule has 1 unspecified atom stereocenters. The molecule has 2 fully saturated rings. The Hall–Kier alpha value is -2.14. The number of allylic oxidation sites excluding steroid dienone is 3. The van der Waals surface area contributed by atoms with Crippen molar-refractivity contribution in [3.8, 4) is 0 Å². The van der Waals surface area contributed by atoms with Gasteiger partial charge in [0.1, 0.15) is 0 Å². The first-order chi connectivity index (χ1) is 9.90. The molecule has 1 atom stereocenters. The van der Waals surface area contributed by atoms with Crippen LogP contribution in [-0.2, 0) is 0 Å². The van der Waals surface area contributed by atoms with E-state index < -0.39 is 0 Å². The van der Waals surface area contributed by atoms with Crippen molar-refractivity contribution in [2.45, 2.75) is 24.9 Å². The van der Waals surface area contributed by atoms with E-state index in [4.69, 9.17) is 0 Å². The van der Waals surface area contributed by atoms with Crippen LogP contribution in [-0.4, -0.2) is 28.6 Å². The molecule has 5 nitrogen and oxygen atoms in total. The minimum Gasteiger partial charge on any atom is -0.361 e. The first-order valence-electron chi connectivity index (χ1n) is 7.07. The minimum atomic E-state index is 0.386. The number of aromatic nitrogens is 2. The van der Waals surface area contributed by atoms with Crippen molar-refractivity contribution in [2.75, 3.05) is 11.9 Å². The molecular formula is C15H17N5. The lowest BCUT2D eigenvalue weighted by molar-refractivity contribution is 1.02. The Morgan fingerprint density at radius 1 is 1.30 bits per heavy atom. The van der Waals surface area contributed by atoms with Crippen LogP contribution in [0.3, 0.4) is 0 Å². The number of nitrogens with zero attached hydrogens (tertiary/aromatic N) is 2. The second-order valence-corrected chi connectivity index (χ2v) is 5.33. The van der Waals surface area contributed by atoms with Crippen LogP contribution < -0.4 is 16.0 Å². The quantitative estimate of drug-likeness (QED) is 0.719. The third-order valence-corrected chi connectivity index (χ3v) is 3.60. The van der Waals surface area contributed by atoms with E-state index in [0.29, 0.717) is 12.1 Å². The summed E-state index contributed by atoms with van der Waals surface area (Å²) in [6.45, 7) is 1.01. The summed E-state index contributed by atoms with van der Waals surface area (Å²) in [6, 6.07) is 2.93. The normalized spacial score (nSPS) is 26.1. The molecule has 102 valence electrons. The minimum absolute atomic E-state index is 0.386. The molecular weight excluding hydrogens is 250 g/mol. The van der Waals surface area contributed by atoms with Gasteiger partial charge in [-0.3, -0.25) is 0 Å². The molecule has 0 radical (unpaired) electrons. The zero-order chi connectivity index (χ0) is 13.4. The van der Waals surface area contributed by atoms with Gasteiger partial charge in [0.05, 0.1) is 5.69 Å². The molecule has 0 spiro atoms. The molecule has 3 N–H and O–H groups in total. The van der Waals surface area contributed by atoms with E-state index in [1.54, 1.807) is 0 Å². The van der Waals surface area contributed by atoms with Crippen molar-refractivity contribution >= 4 is 11.5 Å². The highest BCUT2D eigenvalue weighted by Crippen LogP contribution is 2.28. The van der Waals surface area contributed by atoms with Crippen LogP contribution in [0.5, 0.6) is 0 Å². The van der Waals surface area contributed by atoms with Crippen molar-refractivity contribution in [3.63, 3.8) is 0 Å². The molecule has 1 saturated heterocycles. The molecule has 0 bridgehead atoms. The summed E-state index contributed by atoms with van der Waals surface area (Å²) in [7, 11) is 0. The standard InChI is InChI=1S/C15H17N5/c1-2-7-16-11(3-1)14(13-9-18-13)12-6-8-17-15(20-12)19-10-4-5-10/h1-3,6-8,10,13,16,18H,4-5,9H2,(H,17,19,20)/b14-11+. The van der Waals surface area contributed by atoms with Crippen LogP contribution in [0.1, 0.15) is 18.5 Å². The Labute approximate surface area is 117 Å². The van der Waals surface area contributed by atoms with Gasteiger partial charge in [0.15, 0.2) is 0 Å². The zero-order valence-corrected chi connectivity index (χ0v) is 11.1. The molecule has 0 amide bonds. The molecule has 1 aromatic heterocycles. The summed E-state index contributed by atoms with van der Waals surface area (Å²) in [5.74, 6) is 0.735. The zero-order valence-electron chi connectivity index (χ0n) is 11.1. The lowest BCUT2D eigenvalue weighted by Gasteiger charge is -2.14. The van der Waals surface area contributed by atoms with Gasteiger partial charge in [0.2, 0.25) is 5.95 Å². The fourth-order valence-corrected chi connectivity index (χ4v) is 2.32. The van der Waals surface area contributed by atoms with Gasteiger partial charge in [-0.2, -0.15) is 0 Å². The predicted molar refractivity (Wildman–Crippen MR) is 78.8 cm³/mol. The topological polar surface area (TPSA) is 71.8 Å². The van der Waals surface area contributed by atoms with E-state index in [1.165, 1.54) is 18.4 Å². The molecule has 20 heavy (non-hydrogen) atoms. The Kier molecular flexibility index (Phi) is 2.77. The largest absolute Gasteiger partial charge is 0.361 e. The van der Waals surface area contributed by atoms with Crippen molar-refractivity contribution < 1.29 is 0 Å². The average Bonchev–Trinajstić information content (AvgIpc) is 3.36. The highest BCUT2D eigenvalue weighted by molar-refractivity contribution is 5.75. The highest BCUT2D eigenvalue weighted by atomic mass is 15.1. The number of anilines is 1. The fourth-order valence-electron chi connectivity index (χ4n) is 2.32. The van der Waals surface area contributed by atoms with Crippen LogP contribution in [0.15, 0.2) is 42.4 Å². The Morgan fingerprint density at radius 3 is 2.90 bits per heavy atom. The van der Waals surface area contributed by atoms with Gasteiger partial charge in [-0.1, -0.05) is 6.08 Å². The lowest BCUT2D eigenvalue weighted by atomic mass is 10.0. The van der Waals surface area contributed by atoms with Gasteiger partial charge in [0.25, 0.3) is 0 Å². The smallest absolute Gasteiger partial charge is 0.223 e. The number of dihydropyridines is 1. The van der Waals surface area contributed by atoms with E-state index in [0.717, 1.165) is 23.9 Å². The van der Waals surface area contributed by atoms with Crippen LogP contribution in [0.25, 0.3) is 5.57 Å². The second-order valence-electron chi connectivity index (χ2n) is 5.33. The van der Waals surface area contributed by atoms with Gasteiger partial charge < -0.3 is 16.0 Å². The third-order valence-electron chi connectivity index (χ3n) is 3.60. The van der Waals surface area contributed by atoms with Crippen LogP contribution in [0, 0.1) is 0 Å². The number of nitrogens with one attached hydrogen (secondary N) is 3. The molecule has 2 aliphatic heterocycles. The summed E-state index contributed by atoms with van der Waals surface area (Å²) in [4.78, 5) is 8.98. The summed E-state index contributed by atoms with van der Waals surface area (Å²) in [5, 5.41) is 10.0. The lowest BCUT2D eigenvalue weighted by Crippen LogP contribution is -2.14. The third kappa shape index (κ3) is 2.44. The SMILES string of the molecule is C1=CN/C(=C(\c2ccnc(NC3CC3)n2)C2CN2)C=C1. The van der Waals surface area contributed by atoms with E-state index in [2.05, 4.69) is 32.0 Å². The van der Waals surface area contributed by atoms with Crippen molar-refractivity contribution in [3.05, 3.63) is 48.1 Å². The van der Waals surface area contributed by atoms with Gasteiger partial charge >= 0.3 is 0 Å². The predicted octanol–water partition coefficient (Wildman–Crippen LogP) is 1.41. The van der Waals surface area contributed by atoms with Gasteiger partial charge in [-0.15, -0.1) is 0 Å². The Bertz CT molecular complexity index is 608. The Morgan fingerprint density at radius 2 is 2.20 bits per heavy atom. The maximum atomic E-state index is 4.67. The van der Waals surface area contributed by atoms with E-state index in [9.17, 15) is 0 Å². The van der Waals surface area contributed by atoms with Crippen molar-refractivity contribution in [1.82, 2.24) is 20.6 Å². The molecule has 4 rings (SSSR count). The Balaban J connectivity index is 1.69. The van der Waals surface area contributed by atoms with Crippen LogP contribution >= 0.6 is 0 Å².